The van der Waals surface area contributed by atoms with E-state index in [1.807, 2.05) is 0 Å². The van der Waals surface area contributed by atoms with Gasteiger partial charge in [-0.1, -0.05) is 0 Å². The van der Waals surface area contributed by atoms with Crippen LogP contribution in [-0.4, -0.2) is 44.7 Å². The highest BCUT2D eigenvalue weighted by Crippen LogP contribution is 2.19. The summed E-state index contributed by atoms with van der Waals surface area (Å²) >= 11 is 0. The number of nitrogens with one attached hydrogen (secondary N) is 1. The topological polar surface area (TPSA) is 36.9 Å². The van der Waals surface area contributed by atoms with Crippen LogP contribution >= 0.6 is 24.0 Å². The molecular formula is C15H20F4IN3O. The lowest BCUT2D eigenvalue weighted by atomic mass is 10.1. The molecule has 4 nitrogen and oxygen atoms in total. The molecule has 9 heteroatoms. The zero-order chi connectivity index (χ0) is 17.0. The molecule has 0 spiro atoms. The van der Waals surface area contributed by atoms with Crippen molar-refractivity contribution in [2.75, 3.05) is 33.9 Å². The number of hydrogen-bond donors (Lipinski definition) is 1. The number of benzene rings is 1. The molecule has 1 fully saturated rings. The van der Waals surface area contributed by atoms with Gasteiger partial charge in [0.05, 0.1) is 6.61 Å². The Morgan fingerprint density at radius 3 is 2.42 bits per heavy atom. The van der Waals surface area contributed by atoms with Crippen molar-refractivity contribution in [2.24, 2.45) is 10.9 Å². The first-order valence-corrected chi connectivity index (χ1v) is 7.25. The predicted molar refractivity (Wildman–Crippen MR) is 93.4 cm³/mol. The van der Waals surface area contributed by atoms with Crippen molar-refractivity contribution >= 4 is 29.9 Å². The molecule has 0 saturated carbocycles. The van der Waals surface area contributed by atoms with E-state index in [-0.39, 0.29) is 30.0 Å². The molecule has 136 valence electrons. The Kier molecular flexibility index (Phi) is 8.20. The SMILES string of the molecule is CN=C(NCc1c(F)c(F)cc(F)c1F)N(C)CC1CCOC1.I. The van der Waals surface area contributed by atoms with Gasteiger partial charge in [-0.3, -0.25) is 4.99 Å². The molecule has 1 N–H and O–H groups in total. The van der Waals surface area contributed by atoms with Gasteiger partial charge in [0.2, 0.25) is 0 Å². The quantitative estimate of drug-likeness (QED) is 0.247. The molecule has 0 bridgehead atoms. The summed E-state index contributed by atoms with van der Waals surface area (Å²) in [5.41, 5.74) is -0.693. The van der Waals surface area contributed by atoms with Crippen LogP contribution in [0.1, 0.15) is 12.0 Å². The summed E-state index contributed by atoms with van der Waals surface area (Å²) in [6.07, 6.45) is 0.930. The molecule has 1 aliphatic rings. The largest absolute Gasteiger partial charge is 0.381 e. The van der Waals surface area contributed by atoms with Gasteiger partial charge in [0.1, 0.15) is 0 Å². The Labute approximate surface area is 155 Å². The van der Waals surface area contributed by atoms with Crippen LogP contribution in [0.15, 0.2) is 11.1 Å². The van der Waals surface area contributed by atoms with Gasteiger partial charge in [-0.15, -0.1) is 24.0 Å². The van der Waals surface area contributed by atoms with Crippen LogP contribution in [0.25, 0.3) is 0 Å². The number of halogens is 5. The Balaban J connectivity index is 0.00000288. The monoisotopic (exact) mass is 461 g/mol. The van der Waals surface area contributed by atoms with Crippen molar-refractivity contribution in [3.63, 3.8) is 0 Å². The maximum Gasteiger partial charge on any atom is 0.193 e. The molecule has 2 rings (SSSR count). The van der Waals surface area contributed by atoms with Crippen LogP contribution in [0.3, 0.4) is 0 Å². The van der Waals surface area contributed by atoms with Gasteiger partial charge in [-0.2, -0.15) is 0 Å². The number of rotatable bonds is 4. The van der Waals surface area contributed by atoms with Crippen LogP contribution in [0.5, 0.6) is 0 Å². The summed E-state index contributed by atoms with van der Waals surface area (Å²) in [5.74, 6) is -4.93. The van der Waals surface area contributed by atoms with Crippen molar-refractivity contribution in [2.45, 2.75) is 13.0 Å². The maximum absolute atomic E-state index is 13.6. The average molecular weight is 461 g/mol. The Bertz CT molecular complexity index is 568. The van der Waals surface area contributed by atoms with Crippen LogP contribution in [0.4, 0.5) is 17.6 Å². The van der Waals surface area contributed by atoms with Crippen LogP contribution in [0.2, 0.25) is 0 Å². The highest BCUT2D eigenvalue weighted by molar-refractivity contribution is 14.0. The van der Waals surface area contributed by atoms with E-state index in [4.69, 9.17) is 4.74 Å². The van der Waals surface area contributed by atoms with Gasteiger partial charge in [0.25, 0.3) is 0 Å². The van der Waals surface area contributed by atoms with Crippen molar-refractivity contribution in [1.29, 1.82) is 0 Å². The zero-order valence-corrected chi connectivity index (χ0v) is 15.7. The molecular weight excluding hydrogens is 441 g/mol. The number of nitrogens with zero attached hydrogens (tertiary/aromatic N) is 2. The van der Waals surface area contributed by atoms with Gasteiger partial charge >= 0.3 is 0 Å². The fourth-order valence-electron chi connectivity index (χ4n) is 2.53. The minimum absolute atomic E-state index is 0. The minimum atomic E-state index is -1.42. The normalized spacial score (nSPS) is 17.6. The second-order valence-electron chi connectivity index (χ2n) is 5.46. The number of guanidine groups is 1. The van der Waals surface area contributed by atoms with E-state index in [1.54, 1.807) is 11.9 Å². The highest BCUT2D eigenvalue weighted by Gasteiger charge is 2.21. The molecule has 1 aromatic carbocycles. The molecule has 1 saturated heterocycles. The Morgan fingerprint density at radius 1 is 1.29 bits per heavy atom. The molecule has 1 aromatic rings. The Hall–Kier alpha value is -1.10. The van der Waals surface area contributed by atoms with Crippen LogP contribution in [0, 0.1) is 29.2 Å². The zero-order valence-electron chi connectivity index (χ0n) is 13.4. The summed E-state index contributed by atoms with van der Waals surface area (Å²) in [6.45, 7) is 1.61. The lowest BCUT2D eigenvalue weighted by molar-refractivity contribution is 0.181. The third-order valence-corrected chi connectivity index (χ3v) is 3.76. The first-order chi connectivity index (χ1) is 10.9. The average Bonchev–Trinajstić information content (AvgIpc) is 3.01. The van der Waals surface area contributed by atoms with Crippen molar-refractivity contribution in [1.82, 2.24) is 10.2 Å². The third kappa shape index (κ3) is 4.95. The fourth-order valence-corrected chi connectivity index (χ4v) is 2.53. The first-order valence-electron chi connectivity index (χ1n) is 7.25. The minimum Gasteiger partial charge on any atom is -0.381 e. The second kappa shape index (κ2) is 9.40. The van der Waals surface area contributed by atoms with Gasteiger partial charge < -0.3 is 15.0 Å². The van der Waals surface area contributed by atoms with E-state index >= 15 is 0 Å². The number of ether oxygens (including phenoxy) is 1. The fraction of sp³-hybridized carbons (Fsp3) is 0.533. The predicted octanol–water partition coefficient (Wildman–Crippen LogP) is 2.90. The van der Waals surface area contributed by atoms with Crippen LogP contribution in [-0.2, 0) is 11.3 Å². The molecule has 0 aliphatic carbocycles. The van der Waals surface area contributed by atoms with Crippen molar-refractivity contribution in [3.8, 4) is 0 Å². The van der Waals surface area contributed by atoms with E-state index in [9.17, 15) is 17.6 Å². The maximum atomic E-state index is 13.6. The van der Waals surface area contributed by atoms with Crippen LogP contribution < -0.4 is 5.32 Å². The first kappa shape index (κ1) is 20.9. The summed E-state index contributed by atoms with van der Waals surface area (Å²) in [5, 5.41) is 2.72. The molecule has 0 radical (unpaired) electrons. The standard InChI is InChI=1S/C15H19F4N3O.HI/c1-20-15(22(2)7-9-3-4-23-8-9)21-6-10-13(18)11(16)5-12(17)14(10)19;/h5,9H,3-4,6-8H2,1-2H3,(H,20,21);1H. The van der Waals surface area contributed by atoms with Crippen molar-refractivity contribution < 1.29 is 22.3 Å². The molecule has 1 heterocycles. The summed E-state index contributed by atoms with van der Waals surface area (Å²) in [6, 6.07) is 0.190. The number of hydrogen-bond acceptors (Lipinski definition) is 2. The smallest absolute Gasteiger partial charge is 0.193 e. The third-order valence-electron chi connectivity index (χ3n) is 3.76. The molecule has 24 heavy (non-hydrogen) atoms. The van der Waals surface area contributed by atoms with E-state index in [1.165, 1.54) is 7.05 Å². The van der Waals surface area contributed by atoms with E-state index < -0.39 is 35.4 Å². The Morgan fingerprint density at radius 2 is 1.92 bits per heavy atom. The van der Waals surface area contributed by atoms with Gasteiger partial charge in [-0.25, -0.2) is 17.6 Å². The molecule has 1 atom stereocenters. The second-order valence-corrected chi connectivity index (χ2v) is 5.46. The summed E-state index contributed by atoms with van der Waals surface area (Å²) < 4.78 is 58.9. The number of aliphatic imine (C=N–C) groups is 1. The van der Waals surface area contributed by atoms with Crippen molar-refractivity contribution in [3.05, 3.63) is 34.9 Å². The summed E-state index contributed by atoms with van der Waals surface area (Å²) in [7, 11) is 3.29. The highest BCUT2D eigenvalue weighted by atomic mass is 127. The summed E-state index contributed by atoms with van der Waals surface area (Å²) in [4.78, 5) is 5.79. The van der Waals surface area contributed by atoms with Gasteiger partial charge in [0, 0.05) is 51.3 Å². The molecule has 1 unspecified atom stereocenters. The lowest BCUT2D eigenvalue weighted by Crippen LogP contribution is -2.41. The molecule has 1 aliphatic heterocycles. The van der Waals surface area contributed by atoms with E-state index in [0.717, 1.165) is 6.42 Å². The van der Waals surface area contributed by atoms with E-state index in [2.05, 4.69) is 10.3 Å². The van der Waals surface area contributed by atoms with E-state index in [0.29, 0.717) is 31.6 Å². The molecule has 0 amide bonds. The van der Waals surface area contributed by atoms with Gasteiger partial charge in [0.15, 0.2) is 29.2 Å². The lowest BCUT2D eigenvalue weighted by Gasteiger charge is -2.24. The molecule has 0 aromatic heterocycles. The van der Waals surface area contributed by atoms with Gasteiger partial charge in [-0.05, 0) is 6.42 Å².